The lowest BCUT2D eigenvalue weighted by Crippen LogP contribution is -2.26. The molecule has 4 aromatic rings. The molecule has 1 aromatic carbocycles. The van der Waals surface area contributed by atoms with E-state index in [1.54, 1.807) is 20.8 Å². The number of fused-ring (bicyclic) bond motifs is 3. The molecule has 176 valence electrons. The van der Waals surface area contributed by atoms with E-state index in [-0.39, 0.29) is 34.8 Å². The van der Waals surface area contributed by atoms with Crippen LogP contribution in [0.15, 0.2) is 23.1 Å². The van der Waals surface area contributed by atoms with Gasteiger partial charge in [0.05, 0.1) is 28.0 Å². The molecule has 0 fully saturated rings. The van der Waals surface area contributed by atoms with E-state index in [1.165, 1.54) is 16.8 Å². The van der Waals surface area contributed by atoms with Crippen LogP contribution in [0.1, 0.15) is 36.8 Å². The quantitative estimate of drug-likeness (QED) is 0.318. The van der Waals surface area contributed by atoms with Crippen LogP contribution in [-0.4, -0.2) is 40.8 Å². The number of H-pyrrole nitrogens is 1. The molecule has 4 rings (SSSR count). The highest BCUT2D eigenvalue weighted by atomic mass is 31.1. The molecule has 2 unspecified atom stereocenters. The molecule has 0 saturated heterocycles. The number of aryl methyl sites for hydroxylation is 2. The smallest absolute Gasteiger partial charge is 0.354 e. The summed E-state index contributed by atoms with van der Waals surface area (Å²) < 4.78 is 61.5. The van der Waals surface area contributed by atoms with Gasteiger partial charge in [-0.3, -0.25) is 9.20 Å². The van der Waals surface area contributed by atoms with E-state index in [4.69, 9.17) is 4.74 Å². The van der Waals surface area contributed by atoms with Gasteiger partial charge in [0.15, 0.2) is 0 Å². The molecule has 0 aliphatic carbocycles. The SMILES string of the molecule is CCOC(O)([PH2]=O)c1nnc2c(=O)[nH]c3cc(C(F)(F)F)c(-n4cc(C)nc4CC)cc3n12. The van der Waals surface area contributed by atoms with Gasteiger partial charge in [-0.15, -0.1) is 10.2 Å². The summed E-state index contributed by atoms with van der Waals surface area (Å²) in [5.74, 6) is 0.0282. The van der Waals surface area contributed by atoms with Gasteiger partial charge >= 0.3 is 6.18 Å². The Morgan fingerprint density at radius 1 is 1.24 bits per heavy atom. The van der Waals surface area contributed by atoms with E-state index in [9.17, 15) is 27.6 Å². The molecular weight excluding hydrogens is 464 g/mol. The van der Waals surface area contributed by atoms with Crippen LogP contribution in [0.4, 0.5) is 13.2 Å². The van der Waals surface area contributed by atoms with Gasteiger partial charge in [0, 0.05) is 19.2 Å². The zero-order valence-corrected chi connectivity index (χ0v) is 18.9. The van der Waals surface area contributed by atoms with E-state index in [0.717, 1.165) is 10.5 Å². The van der Waals surface area contributed by atoms with Crippen molar-refractivity contribution in [2.45, 2.75) is 38.9 Å². The Morgan fingerprint density at radius 3 is 2.58 bits per heavy atom. The molecule has 10 nitrogen and oxygen atoms in total. The number of imidazole rings is 1. The fourth-order valence-electron chi connectivity index (χ4n) is 3.74. The number of rotatable bonds is 6. The summed E-state index contributed by atoms with van der Waals surface area (Å²) in [7, 11) is -2.01. The molecule has 0 spiro atoms. The summed E-state index contributed by atoms with van der Waals surface area (Å²) in [6.07, 6.45) is -2.91. The van der Waals surface area contributed by atoms with Gasteiger partial charge < -0.3 is 24.0 Å². The third-order valence-corrected chi connectivity index (χ3v) is 5.84. The number of hydrogen-bond donors (Lipinski definition) is 2. The molecule has 0 amide bonds. The van der Waals surface area contributed by atoms with Gasteiger partial charge in [-0.1, -0.05) is 6.92 Å². The molecular formula is C19H20F3N6O4P. The Labute approximate surface area is 185 Å². The number of ether oxygens (including phenoxy) is 1. The van der Waals surface area contributed by atoms with Crippen LogP contribution >= 0.6 is 8.46 Å². The van der Waals surface area contributed by atoms with Crippen molar-refractivity contribution in [3.8, 4) is 5.69 Å². The molecule has 0 bridgehead atoms. The number of halogens is 3. The third-order valence-electron chi connectivity index (χ3n) is 5.09. The van der Waals surface area contributed by atoms with Crippen LogP contribution in [0.2, 0.25) is 0 Å². The summed E-state index contributed by atoms with van der Waals surface area (Å²) in [4.78, 5) is 19.2. The first-order valence-electron chi connectivity index (χ1n) is 9.94. The van der Waals surface area contributed by atoms with E-state index in [1.807, 2.05) is 0 Å². The number of nitrogens with zero attached hydrogens (tertiary/aromatic N) is 5. The minimum absolute atomic E-state index is 0.0422. The number of aromatic amines is 1. The molecule has 3 heterocycles. The average Bonchev–Trinajstić information content (AvgIpc) is 3.37. The van der Waals surface area contributed by atoms with Gasteiger partial charge in [0.2, 0.25) is 11.5 Å². The summed E-state index contributed by atoms with van der Waals surface area (Å²) in [6.45, 7) is 4.94. The van der Waals surface area contributed by atoms with Crippen molar-refractivity contribution in [3.05, 3.63) is 51.6 Å². The van der Waals surface area contributed by atoms with Crippen LogP contribution in [0.5, 0.6) is 0 Å². The Morgan fingerprint density at radius 2 is 1.97 bits per heavy atom. The van der Waals surface area contributed by atoms with Crippen molar-refractivity contribution < 1.29 is 27.6 Å². The fraction of sp³-hybridized carbons (Fsp3) is 0.368. The Bertz CT molecular complexity index is 1440. The summed E-state index contributed by atoms with van der Waals surface area (Å²) >= 11 is 0. The first-order valence-corrected chi connectivity index (χ1v) is 11.0. The molecule has 33 heavy (non-hydrogen) atoms. The summed E-state index contributed by atoms with van der Waals surface area (Å²) in [5, 5.41) is 18.3. The predicted octanol–water partition coefficient (Wildman–Crippen LogP) is 2.54. The first kappa shape index (κ1) is 23.1. The lowest BCUT2D eigenvalue weighted by molar-refractivity contribution is -0.143. The second-order valence-corrected chi connectivity index (χ2v) is 8.31. The molecule has 3 aromatic heterocycles. The Hall–Kier alpha value is -3.02. The van der Waals surface area contributed by atoms with Gasteiger partial charge in [-0.05, 0) is 26.0 Å². The van der Waals surface area contributed by atoms with Crippen molar-refractivity contribution >= 4 is 25.1 Å². The number of nitrogens with one attached hydrogen (secondary N) is 1. The van der Waals surface area contributed by atoms with Gasteiger partial charge in [-0.25, -0.2) is 4.98 Å². The Balaban J connectivity index is 2.18. The lowest BCUT2D eigenvalue weighted by Gasteiger charge is -2.21. The van der Waals surface area contributed by atoms with E-state index >= 15 is 0 Å². The maximum atomic E-state index is 14.0. The largest absolute Gasteiger partial charge is 0.418 e. The van der Waals surface area contributed by atoms with Crippen LogP contribution in [0.3, 0.4) is 0 Å². The second kappa shape index (κ2) is 8.08. The number of hydrogen-bond acceptors (Lipinski definition) is 7. The highest BCUT2D eigenvalue weighted by Crippen LogP contribution is 2.38. The van der Waals surface area contributed by atoms with Crippen molar-refractivity contribution in [1.82, 2.24) is 29.1 Å². The van der Waals surface area contributed by atoms with Crippen LogP contribution < -0.4 is 5.56 Å². The van der Waals surface area contributed by atoms with Crippen molar-refractivity contribution in [2.24, 2.45) is 0 Å². The number of aliphatic hydroxyl groups is 1. The average molecular weight is 484 g/mol. The minimum atomic E-state index is -4.75. The second-order valence-electron chi connectivity index (χ2n) is 7.29. The van der Waals surface area contributed by atoms with Crippen LogP contribution in [0.25, 0.3) is 22.4 Å². The monoisotopic (exact) mass is 484 g/mol. The highest BCUT2D eigenvalue weighted by Gasteiger charge is 2.38. The maximum absolute atomic E-state index is 14.0. The molecule has 14 heteroatoms. The molecule has 0 saturated carbocycles. The van der Waals surface area contributed by atoms with E-state index in [0.29, 0.717) is 17.9 Å². The maximum Gasteiger partial charge on any atom is 0.418 e. The predicted molar refractivity (Wildman–Crippen MR) is 113 cm³/mol. The Kier molecular flexibility index (Phi) is 5.67. The number of benzene rings is 1. The first-order chi connectivity index (χ1) is 15.5. The number of alkyl halides is 3. The third kappa shape index (κ3) is 3.75. The molecule has 0 aliphatic heterocycles. The summed E-state index contributed by atoms with van der Waals surface area (Å²) in [5.41, 5.74) is -4.35. The topological polar surface area (TPSA) is 127 Å². The standard InChI is InChI=1S/C19H20F3N6O4P/c1-4-14-23-9(3)8-27(14)12-7-13-11(6-10(12)18(20,21)22)24-16(29)15-25-26-17(28(13)15)19(30,33-31)32-5-2/h6-8,30H,4-5,33H2,1-3H3,(H,24,29). The van der Waals surface area contributed by atoms with Crippen molar-refractivity contribution in [1.29, 1.82) is 0 Å². The molecule has 2 atom stereocenters. The number of aromatic nitrogens is 6. The van der Waals surface area contributed by atoms with Crippen molar-refractivity contribution in [3.63, 3.8) is 0 Å². The van der Waals surface area contributed by atoms with Crippen molar-refractivity contribution in [2.75, 3.05) is 6.61 Å². The van der Waals surface area contributed by atoms with Crippen LogP contribution in [0, 0.1) is 6.92 Å². The highest BCUT2D eigenvalue weighted by molar-refractivity contribution is 7.24. The van der Waals surface area contributed by atoms with Gasteiger partial charge in [-0.2, -0.15) is 13.2 Å². The normalized spacial score (nSPS) is 14.6. The molecule has 0 aliphatic rings. The molecule has 2 N–H and O–H groups in total. The summed E-state index contributed by atoms with van der Waals surface area (Å²) in [6, 6.07) is 1.99. The van der Waals surface area contributed by atoms with Gasteiger partial charge in [0.1, 0.15) is 14.3 Å². The zero-order chi connectivity index (χ0) is 24.1. The molecule has 0 radical (unpaired) electrons. The minimum Gasteiger partial charge on any atom is -0.354 e. The zero-order valence-electron chi connectivity index (χ0n) is 17.8. The lowest BCUT2D eigenvalue weighted by atomic mass is 10.1. The van der Waals surface area contributed by atoms with E-state index in [2.05, 4.69) is 20.2 Å². The van der Waals surface area contributed by atoms with E-state index < -0.39 is 31.3 Å². The van der Waals surface area contributed by atoms with Crippen LogP contribution in [-0.2, 0) is 27.4 Å². The fourth-order valence-corrected chi connectivity index (χ4v) is 4.26. The van der Waals surface area contributed by atoms with Gasteiger partial charge in [0.25, 0.3) is 11.1 Å².